The lowest BCUT2D eigenvalue weighted by molar-refractivity contribution is -0.137. The Kier molecular flexibility index (Phi) is 5.46. The third-order valence-corrected chi connectivity index (χ3v) is 6.10. The van der Waals surface area contributed by atoms with Crippen molar-refractivity contribution in [2.24, 2.45) is 11.7 Å². The molecule has 3 atom stereocenters. The molecule has 0 radical (unpaired) electrons. The second-order valence-electron chi connectivity index (χ2n) is 8.13. The maximum atomic E-state index is 12.7. The summed E-state index contributed by atoms with van der Waals surface area (Å²) in [7, 11) is 0. The van der Waals surface area contributed by atoms with Crippen molar-refractivity contribution in [2.75, 3.05) is 26.2 Å². The van der Waals surface area contributed by atoms with Crippen LogP contribution in [-0.4, -0.2) is 58.1 Å². The first-order valence-corrected chi connectivity index (χ1v) is 10.2. The molecule has 2 heterocycles. The van der Waals surface area contributed by atoms with E-state index in [-0.39, 0.29) is 23.9 Å². The lowest BCUT2D eigenvalue weighted by Gasteiger charge is -2.37. The van der Waals surface area contributed by atoms with Crippen LogP contribution in [0, 0.1) is 12.8 Å². The quantitative estimate of drug-likeness (QED) is 0.872. The number of aromatic nitrogens is 2. The van der Waals surface area contributed by atoms with Crippen molar-refractivity contribution in [1.29, 1.82) is 0 Å². The second-order valence-corrected chi connectivity index (χ2v) is 8.13. The number of amides is 1. The number of nitrogens with zero attached hydrogens (tertiary/aromatic N) is 4. The Morgan fingerprint density at radius 3 is 2.54 bits per heavy atom. The number of piperazine rings is 1. The first-order chi connectivity index (χ1) is 13.5. The molecule has 7 heteroatoms. The topological polar surface area (TPSA) is 88.5 Å². The summed E-state index contributed by atoms with van der Waals surface area (Å²) in [4.78, 5) is 21.6. The summed E-state index contributed by atoms with van der Waals surface area (Å²) in [5.41, 5.74) is 8.13. The lowest BCUT2D eigenvalue weighted by atomic mass is 10.1. The highest BCUT2D eigenvalue weighted by atomic mass is 16.5. The zero-order chi connectivity index (χ0) is 19.7. The van der Waals surface area contributed by atoms with Gasteiger partial charge in [0.15, 0.2) is 0 Å². The molecule has 3 unspecified atom stereocenters. The van der Waals surface area contributed by atoms with Gasteiger partial charge in [-0.25, -0.2) is 0 Å². The van der Waals surface area contributed by atoms with Crippen LogP contribution in [0.25, 0.3) is 11.4 Å². The molecule has 1 aliphatic carbocycles. The van der Waals surface area contributed by atoms with E-state index in [1.165, 1.54) is 5.56 Å². The number of carbonyl (C=O) groups is 1. The molecule has 150 valence electrons. The van der Waals surface area contributed by atoms with E-state index in [4.69, 9.17) is 10.3 Å². The molecule has 2 N–H and O–H groups in total. The Morgan fingerprint density at radius 2 is 1.89 bits per heavy atom. The largest absolute Gasteiger partial charge is 0.340 e. The highest BCUT2D eigenvalue weighted by molar-refractivity contribution is 5.79. The van der Waals surface area contributed by atoms with Gasteiger partial charge in [-0.2, -0.15) is 4.98 Å². The van der Waals surface area contributed by atoms with E-state index in [0.717, 1.165) is 51.0 Å². The summed E-state index contributed by atoms with van der Waals surface area (Å²) in [6, 6.07) is 8.33. The van der Waals surface area contributed by atoms with E-state index in [2.05, 4.69) is 28.9 Å². The Morgan fingerprint density at radius 1 is 1.18 bits per heavy atom. The highest BCUT2D eigenvalue weighted by Gasteiger charge is 2.33. The smallest absolute Gasteiger partial charge is 0.244 e. The van der Waals surface area contributed by atoms with Gasteiger partial charge in [-0.15, -0.1) is 0 Å². The maximum Gasteiger partial charge on any atom is 0.244 e. The second kappa shape index (κ2) is 8.01. The molecule has 1 aliphatic heterocycles. The minimum Gasteiger partial charge on any atom is -0.340 e. The highest BCUT2D eigenvalue weighted by Crippen LogP contribution is 2.28. The molecule has 1 saturated heterocycles. The van der Waals surface area contributed by atoms with Gasteiger partial charge >= 0.3 is 0 Å². The fraction of sp³-hybridized carbons (Fsp3) is 0.571. The van der Waals surface area contributed by atoms with Gasteiger partial charge in [0.2, 0.25) is 17.6 Å². The molecule has 0 bridgehead atoms. The number of benzene rings is 1. The summed E-state index contributed by atoms with van der Waals surface area (Å²) < 4.78 is 5.53. The van der Waals surface area contributed by atoms with E-state index in [0.29, 0.717) is 11.7 Å². The van der Waals surface area contributed by atoms with Crippen LogP contribution in [0.1, 0.15) is 43.7 Å². The van der Waals surface area contributed by atoms with Crippen LogP contribution >= 0.6 is 0 Å². The van der Waals surface area contributed by atoms with E-state index >= 15 is 0 Å². The normalized spacial score (nSPS) is 24.5. The first-order valence-electron chi connectivity index (χ1n) is 10.2. The zero-order valence-electron chi connectivity index (χ0n) is 16.7. The molecule has 7 nitrogen and oxygen atoms in total. The molecule has 1 saturated carbocycles. The molecule has 0 spiro atoms. The van der Waals surface area contributed by atoms with Crippen molar-refractivity contribution in [3.8, 4) is 11.4 Å². The monoisotopic (exact) mass is 383 g/mol. The molecule has 4 rings (SSSR count). The van der Waals surface area contributed by atoms with Crippen LogP contribution in [-0.2, 0) is 4.79 Å². The predicted molar refractivity (Wildman–Crippen MR) is 106 cm³/mol. The average molecular weight is 383 g/mol. The summed E-state index contributed by atoms with van der Waals surface area (Å²) in [6.45, 7) is 7.25. The molecule has 28 heavy (non-hydrogen) atoms. The number of carbonyl (C=O) groups excluding carboxylic acids is 1. The molecule has 2 aromatic rings. The number of rotatable bonds is 4. The van der Waals surface area contributed by atoms with E-state index in [1.807, 2.05) is 29.2 Å². The van der Waals surface area contributed by atoms with Crippen molar-refractivity contribution >= 4 is 5.91 Å². The number of hydrogen-bond donors (Lipinski definition) is 1. The van der Waals surface area contributed by atoms with Crippen molar-refractivity contribution in [3.63, 3.8) is 0 Å². The van der Waals surface area contributed by atoms with Gasteiger partial charge in [-0.1, -0.05) is 35.0 Å². The standard InChI is InChI=1S/C21H29N5O2/c1-14-3-5-16(6-4-14)19-23-20(28-24-19)15(2)25-9-11-26(12-10-25)21(27)17-7-8-18(22)13-17/h3-6,15,17-18H,7-13,22H2,1-2H3. The Hall–Kier alpha value is -2.25. The van der Waals surface area contributed by atoms with Crippen LogP contribution in [0.15, 0.2) is 28.8 Å². The van der Waals surface area contributed by atoms with Gasteiger partial charge < -0.3 is 15.2 Å². The van der Waals surface area contributed by atoms with Gasteiger partial charge in [0.25, 0.3) is 0 Å². The van der Waals surface area contributed by atoms with Gasteiger partial charge in [0.05, 0.1) is 6.04 Å². The maximum absolute atomic E-state index is 12.7. The molecule has 2 fully saturated rings. The minimum absolute atomic E-state index is 0.0313. The van der Waals surface area contributed by atoms with Gasteiger partial charge in [0.1, 0.15) is 0 Å². The van der Waals surface area contributed by atoms with Crippen molar-refractivity contribution in [3.05, 3.63) is 35.7 Å². The van der Waals surface area contributed by atoms with Crippen molar-refractivity contribution < 1.29 is 9.32 Å². The molecule has 1 amide bonds. The molecule has 1 aromatic heterocycles. The predicted octanol–water partition coefficient (Wildman–Crippen LogP) is 2.38. The minimum atomic E-state index is 0.0313. The van der Waals surface area contributed by atoms with E-state index in [1.54, 1.807) is 0 Å². The SMILES string of the molecule is Cc1ccc(-c2noc(C(C)N3CCN(C(=O)C4CCC(N)C4)CC3)n2)cc1. The molecular weight excluding hydrogens is 354 g/mol. The number of aryl methyl sites for hydroxylation is 1. The van der Waals surface area contributed by atoms with Crippen molar-refractivity contribution in [2.45, 2.75) is 45.2 Å². The van der Waals surface area contributed by atoms with Gasteiger partial charge in [-0.3, -0.25) is 9.69 Å². The average Bonchev–Trinajstić information content (AvgIpc) is 3.37. The van der Waals surface area contributed by atoms with Crippen LogP contribution in [0.2, 0.25) is 0 Å². The molecular formula is C21H29N5O2. The zero-order valence-corrected chi connectivity index (χ0v) is 16.7. The number of nitrogens with two attached hydrogens (primary N) is 1. The van der Waals surface area contributed by atoms with E-state index < -0.39 is 0 Å². The Labute approximate surface area is 165 Å². The van der Waals surface area contributed by atoms with Gasteiger partial charge in [-0.05, 0) is 33.1 Å². The van der Waals surface area contributed by atoms with Crippen LogP contribution < -0.4 is 5.73 Å². The first kappa shape index (κ1) is 19.1. The van der Waals surface area contributed by atoms with Crippen LogP contribution in [0.4, 0.5) is 0 Å². The summed E-state index contributed by atoms with van der Waals surface area (Å²) >= 11 is 0. The lowest BCUT2D eigenvalue weighted by Crippen LogP contribution is -2.50. The van der Waals surface area contributed by atoms with Crippen LogP contribution in [0.3, 0.4) is 0 Å². The molecule has 1 aromatic carbocycles. The van der Waals surface area contributed by atoms with Crippen LogP contribution in [0.5, 0.6) is 0 Å². The third-order valence-electron chi connectivity index (χ3n) is 6.10. The summed E-state index contributed by atoms with van der Waals surface area (Å²) in [6.07, 6.45) is 2.73. The fourth-order valence-electron chi connectivity index (χ4n) is 4.21. The summed E-state index contributed by atoms with van der Waals surface area (Å²) in [5, 5.41) is 4.15. The Balaban J connectivity index is 1.34. The van der Waals surface area contributed by atoms with E-state index in [9.17, 15) is 4.79 Å². The van der Waals surface area contributed by atoms with Crippen molar-refractivity contribution in [1.82, 2.24) is 19.9 Å². The summed E-state index contributed by atoms with van der Waals surface area (Å²) in [5.74, 6) is 1.64. The molecule has 2 aliphatic rings. The Bertz CT molecular complexity index is 810. The number of hydrogen-bond acceptors (Lipinski definition) is 6. The van der Waals surface area contributed by atoms with Gasteiger partial charge in [0, 0.05) is 43.7 Å². The fourth-order valence-corrected chi connectivity index (χ4v) is 4.21. The third kappa shape index (κ3) is 3.95.